The summed E-state index contributed by atoms with van der Waals surface area (Å²) in [6.07, 6.45) is 5.00. The highest BCUT2D eigenvalue weighted by molar-refractivity contribution is 4.54. The van der Waals surface area contributed by atoms with Crippen LogP contribution in [-0.2, 0) is 0 Å². The van der Waals surface area contributed by atoms with Crippen LogP contribution in [0, 0.1) is 12.5 Å². The van der Waals surface area contributed by atoms with E-state index in [9.17, 15) is 0 Å². The van der Waals surface area contributed by atoms with Crippen LogP contribution in [-0.4, -0.2) is 0 Å². The summed E-state index contributed by atoms with van der Waals surface area (Å²) in [5, 5.41) is 0. The van der Waals surface area contributed by atoms with E-state index in [1.54, 1.807) is 6.54 Å². The zero-order valence-electron chi connectivity index (χ0n) is 6.56. The third kappa shape index (κ3) is 7.96. The van der Waals surface area contributed by atoms with Gasteiger partial charge in [-0.2, -0.15) is 0 Å². The first-order chi connectivity index (χ1) is 4.27. The molecule has 0 bridgehead atoms. The lowest BCUT2D eigenvalue weighted by atomic mass is 10.1. The van der Waals surface area contributed by atoms with Gasteiger partial charge in [0.15, 0.2) is 0 Å². The Morgan fingerprint density at radius 1 is 1.33 bits per heavy atom. The summed E-state index contributed by atoms with van der Waals surface area (Å²) in [4.78, 5) is 0. The summed E-state index contributed by atoms with van der Waals surface area (Å²) < 4.78 is 0. The minimum atomic E-state index is 0.850. The maximum Gasteiger partial charge on any atom is 0.0192 e. The van der Waals surface area contributed by atoms with Crippen molar-refractivity contribution >= 4 is 0 Å². The van der Waals surface area contributed by atoms with Gasteiger partial charge in [-0.1, -0.05) is 33.1 Å². The first kappa shape index (κ1) is 8.96. The lowest BCUT2D eigenvalue weighted by Gasteiger charge is -2.01. The number of hydrogen-bond acceptors (Lipinski definition) is 1. The maximum absolute atomic E-state index is 5.22. The molecule has 0 aromatic heterocycles. The Bertz CT molecular complexity index is 50.5. The second-order valence-electron chi connectivity index (χ2n) is 2.91. The molecule has 0 heterocycles. The van der Waals surface area contributed by atoms with E-state index < -0.39 is 0 Å². The summed E-state index contributed by atoms with van der Waals surface area (Å²) in [5.74, 6) is 0.850. The van der Waals surface area contributed by atoms with Crippen molar-refractivity contribution in [2.24, 2.45) is 11.7 Å². The average Bonchev–Trinajstić information content (AvgIpc) is 1.80. The van der Waals surface area contributed by atoms with Crippen molar-refractivity contribution in [3.05, 3.63) is 6.54 Å². The van der Waals surface area contributed by atoms with Gasteiger partial charge in [0.25, 0.3) is 0 Å². The summed E-state index contributed by atoms with van der Waals surface area (Å²) in [6, 6.07) is 0. The van der Waals surface area contributed by atoms with E-state index in [-0.39, 0.29) is 0 Å². The van der Waals surface area contributed by atoms with E-state index in [1.807, 2.05) is 0 Å². The second-order valence-corrected chi connectivity index (χ2v) is 2.91. The Hall–Kier alpha value is -0.0400. The Morgan fingerprint density at radius 3 is 2.44 bits per heavy atom. The average molecular weight is 128 g/mol. The van der Waals surface area contributed by atoms with E-state index >= 15 is 0 Å². The highest BCUT2D eigenvalue weighted by Crippen LogP contribution is 2.07. The van der Waals surface area contributed by atoms with Crippen LogP contribution in [0.5, 0.6) is 0 Å². The van der Waals surface area contributed by atoms with Crippen molar-refractivity contribution in [1.29, 1.82) is 0 Å². The molecule has 0 unspecified atom stereocenters. The summed E-state index contributed by atoms with van der Waals surface area (Å²) in [5.41, 5.74) is 5.22. The van der Waals surface area contributed by atoms with E-state index in [4.69, 9.17) is 5.73 Å². The summed E-state index contributed by atoms with van der Waals surface area (Å²) in [7, 11) is 0. The molecule has 0 saturated carbocycles. The van der Waals surface area contributed by atoms with Crippen molar-refractivity contribution in [3.63, 3.8) is 0 Å². The predicted octanol–water partition coefficient (Wildman–Crippen LogP) is 2.32. The molecule has 0 aromatic carbocycles. The molecular formula is C8H18N. The van der Waals surface area contributed by atoms with E-state index in [0.29, 0.717) is 0 Å². The second kappa shape index (κ2) is 6.09. The van der Waals surface area contributed by atoms with E-state index in [0.717, 1.165) is 12.3 Å². The van der Waals surface area contributed by atoms with Gasteiger partial charge in [-0.3, -0.25) is 0 Å². The number of hydrogen-bond donors (Lipinski definition) is 1. The molecule has 1 radical (unpaired) electrons. The molecule has 0 spiro atoms. The molecule has 0 atom stereocenters. The first-order valence-corrected chi connectivity index (χ1v) is 3.80. The SMILES string of the molecule is CC(C)CCCC[CH]N. The number of unbranched alkanes of at least 4 members (excludes halogenated alkanes) is 2. The van der Waals surface area contributed by atoms with Gasteiger partial charge in [0.05, 0.1) is 0 Å². The summed E-state index contributed by atoms with van der Waals surface area (Å²) in [6.45, 7) is 6.26. The van der Waals surface area contributed by atoms with Gasteiger partial charge >= 0.3 is 0 Å². The molecule has 55 valence electrons. The lowest BCUT2D eigenvalue weighted by Crippen LogP contribution is -1.91. The van der Waals surface area contributed by atoms with Gasteiger partial charge in [0.2, 0.25) is 0 Å². The normalized spacial score (nSPS) is 10.7. The molecule has 0 rings (SSSR count). The molecule has 0 fully saturated rings. The fourth-order valence-electron chi connectivity index (χ4n) is 0.815. The van der Waals surface area contributed by atoms with Crippen LogP contribution < -0.4 is 5.73 Å². The van der Waals surface area contributed by atoms with Gasteiger partial charge in [-0.25, -0.2) is 0 Å². The van der Waals surface area contributed by atoms with Crippen LogP contribution in [0.25, 0.3) is 0 Å². The van der Waals surface area contributed by atoms with Crippen LogP contribution in [0.3, 0.4) is 0 Å². The van der Waals surface area contributed by atoms with E-state index in [1.165, 1.54) is 19.3 Å². The number of rotatable bonds is 5. The molecule has 0 aliphatic carbocycles. The first-order valence-electron chi connectivity index (χ1n) is 3.80. The van der Waals surface area contributed by atoms with Gasteiger partial charge < -0.3 is 5.73 Å². The Morgan fingerprint density at radius 2 is 2.00 bits per heavy atom. The molecule has 1 heteroatoms. The predicted molar refractivity (Wildman–Crippen MR) is 41.8 cm³/mol. The molecular weight excluding hydrogens is 110 g/mol. The van der Waals surface area contributed by atoms with Crippen LogP contribution in [0.2, 0.25) is 0 Å². The molecule has 2 N–H and O–H groups in total. The fourth-order valence-corrected chi connectivity index (χ4v) is 0.815. The highest BCUT2D eigenvalue weighted by Gasteiger charge is 1.92. The van der Waals surface area contributed by atoms with E-state index in [2.05, 4.69) is 13.8 Å². The molecule has 0 saturated heterocycles. The Labute approximate surface area is 58.6 Å². The molecule has 0 aliphatic rings. The molecule has 1 nitrogen and oxygen atoms in total. The molecule has 0 aromatic rings. The van der Waals surface area contributed by atoms with Crippen molar-refractivity contribution in [1.82, 2.24) is 0 Å². The third-order valence-corrected chi connectivity index (χ3v) is 1.40. The van der Waals surface area contributed by atoms with Crippen LogP contribution in [0.15, 0.2) is 0 Å². The quantitative estimate of drug-likeness (QED) is 0.565. The van der Waals surface area contributed by atoms with Gasteiger partial charge in [0, 0.05) is 6.54 Å². The highest BCUT2D eigenvalue weighted by atomic mass is 14.5. The maximum atomic E-state index is 5.22. The molecule has 0 aliphatic heterocycles. The topological polar surface area (TPSA) is 26.0 Å². The van der Waals surface area contributed by atoms with Crippen molar-refractivity contribution in [3.8, 4) is 0 Å². The standard InChI is InChI=1S/C8H18N/c1-8(2)6-4-3-5-7-9/h7-8H,3-6,9H2,1-2H3. The van der Waals surface area contributed by atoms with Gasteiger partial charge in [0.1, 0.15) is 0 Å². The minimum absolute atomic E-state index is 0.850. The monoisotopic (exact) mass is 128 g/mol. The smallest absolute Gasteiger partial charge is 0.0192 e. The fraction of sp³-hybridized carbons (Fsp3) is 0.875. The molecule has 9 heavy (non-hydrogen) atoms. The van der Waals surface area contributed by atoms with Crippen LogP contribution in [0.4, 0.5) is 0 Å². The summed E-state index contributed by atoms with van der Waals surface area (Å²) >= 11 is 0. The third-order valence-electron chi connectivity index (χ3n) is 1.40. The zero-order chi connectivity index (χ0) is 7.11. The van der Waals surface area contributed by atoms with Crippen molar-refractivity contribution in [2.75, 3.05) is 0 Å². The Kier molecular flexibility index (Phi) is 6.06. The lowest BCUT2D eigenvalue weighted by molar-refractivity contribution is 0.536. The largest absolute Gasteiger partial charge is 0.326 e. The van der Waals surface area contributed by atoms with Crippen molar-refractivity contribution < 1.29 is 0 Å². The Balaban J connectivity index is 2.75. The zero-order valence-corrected chi connectivity index (χ0v) is 6.56. The van der Waals surface area contributed by atoms with Gasteiger partial charge in [-0.05, 0) is 12.3 Å². The van der Waals surface area contributed by atoms with Gasteiger partial charge in [-0.15, -0.1) is 0 Å². The molecule has 0 amide bonds. The van der Waals surface area contributed by atoms with Crippen LogP contribution >= 0.6 is 0 Å². The van der Waals surface area contributed by atoms with Crippen LogP contribution in [0.1, 0.15) is 39.5 Å². The number of nitrogens with two attached hydrogens (primary N) is 1. The minimum Gasteiger partial charge on any atom is -0.326 e. The van der Waals surface area contributed by atoms with Crippen molar-refractivity contribution in [2.45, 2.75) is 39.5 Å².